The predicted octanol–water partition coefficient (Wildman–Crippen LogP) is 1.35. The number of hydrogen-bond acceptors (Lipinski definition) is 4. The zero-order valence-electron chi connectivity index (χ0n) is 13.4. The van der Waals surface area contributed by atoms with E-state index in [1.807, 2.05) is 13.8 Å². The van der Waals surface area contributed by atoms with Gasteiger partial charge in [0.2, 0.25) is 0 Å². The number of halogens is 1. The third-order valence-electron chi connectivity index (χ3n) is 3.44. The van der Waals surface area contributed by atoms with E-state index in [0.29, 0.717) is 12.5 Å². The van der Waals surface area contributed by atoms with Crippen LogP contribution in [-0.4, -0.2) is 63.8 Å². The SMILES string of the molecule is CCNC(=NCC(C)C(=O)OC)N1CCC(COC)C1.I. The number of rotatable bonds is 6. The van der Waals surface area contributed by atoms with Crippen molar-refractivity contribution in [1.29, 1.82) is 0 Å². The molecule has 1 fully saturated rings. The number of nitrogens with one attached hydrogen (secondary N) is 1. The molecular weight excluding hydrogens is 385 g/mol. The van der Waals surface area contributed by atoms with Gasteiger partial charge in [-0.2, -0.15) is 0 Å². The molecule has 0 spiro atoms. The summed E-state index contributed by atoms with van der Waals surface area (Å²) in [6, 6.07) is 0. The lowest BCUT2D eigenvalue weighted by Gasteiger charge is -2.22. The number of nitrogens with zero attached hydrogens (tertiary/aromatic N) is 2. The molecule has 1 rings (SSSR count). The molecule has 0 aromatic heterocycles. The van der Waals surface area contributed by atoms with Crippen LogP contribution in [0.25, 0.3) is 0 Å². The highest BCUT2D eigenvalue weighted by Gasteiger charge is 2.25. The number of methoxy groups -OCH3 is 2. The minimum Gasteiger partial charge on any atom is -0.469 e. The maximum absolute atomic E-state index is 11.4. The summed E-state index contributed by atoms with van der Waals surface area (Å²) >= 11 is 0. The zero-order valence-corrected chi connectivity index (χ0v) is 15.8. The normalized spacial score (nSPS) is 19.9. The number of esters is 1. The van der Waals surface area contributed by atoms with E-state index in [0.717, 1.165) is 38.6 Å². The van der Waals surface area contributed by atoms with Gasteiger partial charge in [0.1, 0.15) is 0 Å². The summed E-state index contributed by atoms with van der Waals surface area (Å²) in [6.45, 7) is 7.85. The molecule has 2 atom stereocenters. The van der Waals surface area contributed by atoms with E-state index in [1.165, 1.54) is 7.11 Å². The van der Waals surface area contributed by atoms with Gasteiger partial charge < -0.3 is 19.7 Å². The fourth-order valence-electron chi connectivity index (χ4n) is 2.32. The number of aliphatic imine (C=N–C) groups is 1. The average molecular weight is 413 g/mol. The molecule has 2 unspecified atom stereocenters. The molecule has 0 amide bonds. The Morgan fingerprint density at radius 3 is 2.76 bits per heavy atom. The van der Waals surface area contributed by atoms with Crippen molar-refractivity contribution in [3.05, 3.63) is 0 Å². The molecule has 1 aliphatic heterocycles. The van der Waals surface area contributed by atoms with Crippen LogP contribution in [0.2, 0.25) is 0 Å². The quantitative estimate of drug-likeness (QED) is 0.308. The van der Waals surface area contributed by atoms with Crippen LogP contribution in [0.3, 0.4) is 0 Å². The number of carbonyl (C=O) groups excluding carboxylic acids is 1. The fourth-order valence-corrected chi connectivity index (χ4v) is 2.32. The molecule has 1 heterocycles. The Labute approximate surface area is 144 Å². The van der Waals surface area contributed by atoms with E-state index in [4.69, 9.17) is 9.47 Å². The molecule has 1 aliphatic rings. The summed E-state index contributed by atoms with van der Waals surface area (Å²) in [5, 5.41) is 3.28. The van der Waals surface area contributed by atoms with Crippen molar-refractivity contribution >= 4 is 35.9 Å². The molecule has 0 bridgehead atoms. The second-order valence-corrected chi connectivity index (χ2v) is 5.17. The maximum Gasteiger partial charge on any atom is 0.310 e. The maximum atomic E-state index is 11.4. The first-order chi connectivity index (χ1) is 9.62. The van der Waals surface area contributed by atoms with E-state index < -0.39 is 0 Å². The number of likely N-dealkylation sites (tertiary alicyclic amines) is 1. The summed E-state index contributed by atoms with van der Waals surface area (Å²) in [5.41, 5.74) is 0. The Morgan fingerprint density at radius 2 is 2.19 bits per heavy atom. The van der Waals surface area contributed by atoms with Crippen molar-refractivity contribution in [1.82, 2.24) is 10.2 Å². The van der Waals surface area contributed by atoms with E-state index >= 15 is 0 Å². The van der Waals surface area contributed by atoms with Gasteiger partial charge in [0, 0.05) is 32.7 Å². The highest BCUT2D eigenvalue weighted by atomic mass is 127. The fraction of sp³-hybridized carbons (Fsp3) is 0.857. The third-order valence-corrected chi connectivity index (χ3v) is 3.44. The summed E-state index contributed by atoms with van der Waals surface area (Å²) in [5.74, 6) is 0.998. The van der Waals surface area contributed by atoms with E-state index in [1.54, 1.807) is 7.11 Å². The van der Waals surface area contributed by atoms with Gasteiger partial charge in [-0.15, -0.1) is 24.0 Å². The lowest BCUT2D eigenvalue weighted by Crippen LogP contribution is -2.40. The van der Waals surface area contributed by atoms with E-state index in [9.17, 15) is 4.79 Å². The lowest BCUT2D eigenvalue weighted by atomic mass is 10.1. The standard InChI is InChI=1S/C14H27N3O3.HI/c1-5-15-14(16-8-11(2)13(18)20-4)17-7-6-12(9-17)10-19-3;/h11-12H,5-10H2,1-4H3,(H,15,16);1H. The van der Waals surface area contributed by atoms with Crippen molar-refractivity contribution in [2.75, 3.05) is 47.0 Å². The van der Waals surface area contributed by atoms with Crippen molar-refractivity contribution in [3.8, 4) is 0 Å². The molecule has 0 aromatic rings. The number of hydrogen-bond donors (Lipinski definition) is 1. The Kier molecular flexibility index (Phi) is 10.8. The minimum atomic E-state index is -0.219. The summed E-state index contributed by atoms with van der Waals surface area (Å²) < 4.78 is 9.93. The first-order valence-electron chi connectivity index (χ1n) is 7.22. The van der Waals surface area contributed by atoms with E-state index in [-0.39, 0.29) is 35.9 Å². The highest BCUT2D eigenvalue weighted by Crippen LogP contribution is 2.16. The topological polar surface area (TPSA) is 63.2 Å². The lowest BCUT2D eigenvalue weighted by molar-refractivity contribution is -0.144. The van der Waals surface area contributed by atoms with Crippen molar-refractivity contribution in [2.45, 2.75) is 20.3 Å². The molecular formula is C14H28IN3O3. The molecule has 0 saturated carbocycles. The van der Waals surface area contributed by atoms with Crippen molar-refractivity contribution < 1.29 is 14.3 Å². The van der Waals surface area contributed by atoms with Gasteiger partial charge in [0.05, 0.1) is 26.2 Å². The van der Waals surface area contributed by atoms with Crippen molar-refractivity contribution in [3.63, 3.8) is 0 Å². The number of carbonyl (C=O) groups is 1. The van der Waals surface area contributed by atoms with Gasteiger partial charge >= 0.3 is 5.97 Å². The molecule has 0 aliphatic carbocycles. The Hall–Kier alpha value is -0.570. The van der Waals surface area contributed by atoms with Gasteiger partial charge in [-0.05, 0) is 13.3 Å². The van der Waals surface area contributed by atoms with Crippen LogP contribution in [0.1, 0.15) is 20.3 Å². The second kappa shape index (κ2) is 11.1. The molecule has 6 nitrogen and oxygen atoms in total. The smallest absolute Gasteiger partial charge is 0.310 e. The average Bonchev–Trinajstić information content (AvgIpc) is 2.91. The Bertz CT molecular complexity index is 339. The Morgan fingerprint density at radius 1 is 1.48 bits per heavy atom. The predicted molar refractivity (Wildman–Crippen MR) is 94.1 cm³/mol. The molecule has 21 heavy (non-hydrogen) atoms. The largest absolute Gasteiger partial charge is 0.469 e. The molecule has 1 saturated heterocycles. The van der Waals surface area contributed by atoms with Crippen LogP contribution in [-0.2, 0) is 14.3 Å². The monoisotopic (exact) mass is 413 g/mol. The zero-order chi connectivity index (χ0) is 15.0. The third kappa shape index (κ3) is 6.82. The highest BCUT2D eigenvalue weighted by molar-refractivity contribution is 14.0. The van der Waals surface area contributed by atoms with Crippen LogP contribution in [0.5, 0.6) is 0 Å². The van der Waals surface area contributed by atoms with Gasteiger partial charge in [0.15, 0.2) is 5.96 Å². The van der Waals surface area contributed by atoms with Crippen molar-refractivity contribution in [2.24, 2.45) is 16.8 Å². The minimum absolute atomic E-state index is 0. The first-order valence-corrected chi connectivity index (χ1v) is 7.22. The summed E-state index contributed by atoms with van der Waals surface area (Å²) in [6.07, 6.45) is 1.12. The molecule has 0 radical (unpaired) electrons. The molecule has 1 N–H and O–H groups in total. The molecule has 0 aromatic carbocycles. The molecule has 124 valence electrons. The van der Waals surface area contributed by atoms with Gasteiger partial charge in [-0.3, -0.25) is 9.79 Å². The first kappa shape index (κ1) is 20.4. The summed E-state index contributed by atoms with van der Waals surface area (Å²) in [4.78, 5) is 18.2. The second-order valence-electron chi connectivity index (χ2n) is 5.17. The van der Waals surface area contributed by atoms with Crippen LogP contribution in [0.15, 0.2) is 4.99 Å². The van der Waals surface area contributed by atoms with E-state index in [2.05, 4.69) is 15.2 Å². The summed E-state index contributed by atoms with van der Waals surface area (Å²) in [7, 11) is 3.14. The van der Waals surface area contributed by atoms with Crippen LogP contribution >= 0.6 is 24.0 Å². The number of guanidine groups is 1. The van der Waals surface area contributed by atoms with Crippen LogP contribution in [0, 0.1) is 11.8 Å². The molecule has 7 heteroatoms. The van der Waals surface area contributed by atoms with Crippen LogP contribution < -0.4 is 5.32 Å². The van der Waals surface area contributed by atoms with Gasteiger partial charge in [-0.1, -0.05) is 6.92 Å². The number of ether oxygens (including phenoxy) is 2. The van der Waals surface area contributed by atoms with Crippen LogP contribution in [0.4, 0.5) is 0 Å². The van der Waals surface area contributed by atoms with Gasteiger partial charge in [0.25, 0.3) is 0 Å². The van der Waals surface area contributed by atoms with Gasteiger partial charge in [-0.25, -0.2) is 0 Å². The Balaban J connectivity index is 0.00000400.